The molecule has 0 atom stereocenters. The lowest BCUT2D eigenvalue weighted by atomic mass is 10.1. The number of nitro groups is 1. The molecule has 0 bridgehead atoms. The van der Waals surface area contributed by atoms with Gasteiger partial charge < -0.3 is 4.74 Å². The van der Waals surface area contributed by atoms with Gasteiger partial charge >= 0.3 is 6.03 Å². The van der Waals surface area contributed by atoms with Crippen molar-refractivity contribution >= 4 is 51.2 Å². The molecule has 142 valence electrons. The Balaban J connectivity index is 2.08. The minimum Gasteiger partial charge on any atom is -0.496 e. The van der Waals surface area contributed by atoms with Crippen molar-refractivity contribution in [3.63, 3.8) is 0 Å². The molecular weight excluding hydrogens is 434 g/mol. The first-order valence-electron chi connectivity index (χ1n) is 7.81. The zero-order chi connectivity index (χ0) is 20.4. The second-order valence-electron chi connectivity index (χ2n) is 5.62. The lowest BCUT2D eigenvalue weighted by Gasteiger charge is -2.26. The fraction of sp³-hybridized carbons (Fsp3) is 0.0556. The van der Waals surface area contributed by atoms with Crippen molar-refractivity contribution in [1.29, 1.82) is 0 Å². The SMILES string of the molecule is COc1ccc([N+](=O)[O-])cc1C=C1C(=O)NC(=O)N(c2ccc(Br)cc2)C1=O. The second-order valence-corrected chi connectivity index (χ2v) is 6.53. The standard InChI is InChI=1S/C18H12BrN3O6/c1-28-15-7-6-13(22(26)27)8-10(15)9-14-16(23)20-18(25)21(17(14)24)12-4-2-11(19)3-5-12/h2-9H,1H3,(H,20,23,25). The van der Waals surface area contributed by atoms with Gasteiger partial charge in [-0.2, -0.15) is 0 Å². The number of anilines is 1. The molecule has 0 unspecified atom stereocenters. The molecule has 0 spiro atoms. The van der Waals surface area contributed by atoms with E-state index in [1.165, 1.54) is 37.4 Å². The molecule has 0 aromatic heterocycles. The number of halogens is 1. The molecule has 1 saturated heterocycles. The summed E-state index contributed by atoms with van der Waals surface area (Å²) in [5.41, 5.74) is -0.186. The molecule has 1 heterocycles. The topological polar surface area (TPSA) is 119 Å². The number of hydrogen-bond acceptors (Lipinski definition) is 6. The van der Waals surface area contributed by atoms with Crippen LogP contribution in [0.1, 0.15) is 5.56 Å². The van der Waals surface area contributed by atoms with Crippen molar-refractivity contribution in [3.8, 4) is 5.75 Å². The first-order valence-corrected chi connectivity index (χ1v) is 8.60. The summed E-state index contributed by atoms with van der Waals surface area (Å²) in [7, 11) is 1.35. The van der Waals surface area contributed by atoms with E-state index in [1.807, 2.05) is 0 Å². The van der Waals surface area contributed by atoms with Gasteiger partial charge in [0.15, 0.2) is 0 Å². The van der Waals surface area contributed by atoms with Gasteiger partial charge in [0.1, 0.15) is 11.3 Å². The van der Waals surface area contributed by atoms with Crippen LogP contribution in [0.4, 0.5) is 16.2 Å². The Labute approximate surface area is 166 Å². The molecule has 2 aromatic rings. The second kappa shape index (κ2) is 7.61. The van der Waals surface area contributed by atoms with E-state index < -0.39 is 22.8 Å². The highest BCUT2D eigenvalue weighted by Gasteiger charge is 2.37. The number of non-ortho nitro benzene ring substituents is 1. The van der Waals surface area contributed by atoms with Crippen LogP contribution in [0.25, 0.3) is 6.08 Å². The molecule has 1 fully saturated rings. The lowest BCUT2D eigenvalue weighted by Crippen LogP contribution is -2.54. The summed E-state index contributed by atoms with van der Waals surface area (Å²) in [6, 6.07) is 9.21. The predicted molar refractivity (Wildman–Crippen MR) is 103 cm³/mol. The van der Waals surface area contributed by atoms with Crippen LogP contribution in [0.2, 0.25) is 0 Å². The van der Waals surface area contributed by atoms with Crippen LogP contribution >= 0.6 is 15.9 Å². The van der Waals surface area contributed by atoms with Gasteiger partial charge in [-0.25, -0.2) is 9.69 Å². The van der Waals surface area contributed by atoms with E-state index in [4.69, 9.17) is 4.74 Å². The van der Waals surface area contributed by atoms with E-state index in [9.17, 15) is 24.5 Å². The first-order chi connectivity index (χ1) is 13.3. The number of rotatable bonds is 4. The van der Waals surface area contributed by atoms with Crippen molar-refractivity contribution < 1.29 is 24.0 Å². The fourth-order valence-corrected chi connectivity index (χ4v) is 2.85. The average Bonchev–Trinajstić information content (AvgIpc) is 2.66. The number of benzene rings is 2. The summed E-state index contributed by atoms with van der Waals surface area (Å²) in [4.78, 5) is 48.5. The Kier molecular flexibility index (Phi) is 5.23. The number of imide groups is 2. The van der Waals surface area contributed by atoms with E-state index >= 15 is 0 Å². The van der Waals surface area contributed by atoms with Crippen LogP contribution in [0.15, 0.2) is 52.5 Å². The number of urea groups is 1. The molecule has 28 heavy (non-hydrogen) atoms. The maximum Gasteiger partial charge on any atom is 0.335 e. The minimum atomic E-state index is -0.906. The molecule has 0 saturated carbocycles. The number of amides is 4. The third kappa shape index (κ3) is 3.62. The van der Waals surface area contributed by atoms with Gasteiger partial charge in [0.05, 0.1) is 17.7 Å². The zero-order valence-electron chi connectivity index (χ0n) is 14.3. The first kappa shape index (κ1) is 19.2. The van der Waals surface area contributed by atoms with Gasteiger partial charge in [-0.1, -0.05) is 15.9 Å². The molecule has 3 rings (SSSR count). The quantitative estimate of drug-likeness (QED) is 0.334. The van der Waals surface area contributed by atoms with Crippen LogP contribution in [-0.4, -0.2) is 29.9 Å². The average molecular weight is 446 g/mol. The molecule has 2 aromatic carbocycles. The van der Waals surface area contributed by atoms with Gasteiger partial charge in [-0.3, -0.25) is 25.0 Å². The lowest BCUT2D eigenvalue weighted by molar-refractivity contribution is -0.384. The molecular formula is C18H12BrN3O6. The number of nitrogens with one attached hydrogen (secondary N) is 1. The largest absolute Gasteiger partial charge is 0.496 e. The number of nitrogens with zero attached hydrogens (tertiary/aromatic N) is 2. The highest BCUT2D eigenvalue weighted by Crippen LogP contribution is 2.28. The smallest absolute Gasteiger partial charge is 0.335 e. The Morgan fingerprint density at radius 1 is 1.14 bits per heavy atom. The number of carbonyl (C=O) groups excluding carboxylic acids is 3. The van der Waals surface area contributed by atoms with Crippen LogP contribution < -0.4 is 15.0 Å². The van der Waals surface area contributed by atoms with Crippen LogP contribution in [0.5, 0.6) is 5.75 Å². The molecule has 0 aliphatic carbocycles. The van der Waals surface area contributed by atoms with Crippen molar-refractivity contribution in [2.24, 2.45) is 0 Å². The van der Waals surface area contributed by atoms with Crippen LogP contribution in [0.3, 0.4) is 0 Å². The predicted octanol–water partition coefficient (Wildman–Crippen LogP) is 3.03. The number of nitro benzene ring substituents is 1. The maximum absolute atomic E-state index is 12.8. The summed E-state index contributed by atoms with van der Waals surface area (Å²) < 4.78 is 5.89. The molecule has 0 radical (unpaired) electrons. The number of ether oxygens (including phenoxy) is 1. The third-order valence-corrected chi connectivity index (χ3v) is 4.44. The minimum absolute atomic E-state index is 0.153. The van der Waals surface area contributed by atoms with E-state index in [-0.39, 0.29) is 28.3 Å². The van der Waals surface area contributed by atoms with Gasteiger partial charge in [-0.15, -0.1) is 0 Å². The monoisotopic (exact) mass is 445 g/mol. The summed E-state index contributed by atoms with van der Waals surface area (Å²) in [5.74, 6) is -1.53. The molecule has 9 nitrogen and oxygen atoms in total. The number of hydrogen-bond donors (Lipinski definition) is 1. The Bertz CT molecular complexity index is 1030. The van der Waals surface area contributed by atoms with E-state index in [0.29, 0.717) is 0 Å². The van der Waals surface area contributed by atoms with Crippen molar-refractivity contribution in [3.05, 3.63) is 68.2 Å². The third-order valence-electron chi connectivity index (χ3n) is 3.91. The Morgan fingerprint density at radius 2 is 1.82 bits per heavy atom. The molecule has 1 aliphatic heterocycles. The molecule has 10 heteroatoms. The van der Waals surface area contributed by atoms with Crippen molar-refractivity contribution in [2.45, 2.75) is 0 Å². The van der Waals surface area contributed by atoms with E-state index in [1.54, 1.807) is 12.1 Å². The number of carbonyl (C=O) groups is 3. The maximum atomic E-state index is 12.8. The van der Waals surface area contributed by atoms with Crippen LogP contribution in [-0.2, 0) is 9.59 Å². The van der Waals surface area contributed by atoms with Gasteiger partial charge in [0.2, 0.25) is 0 Å². The zero-order valence-corrected chi connectivity index (χ0v) is 15.9. The Morgan fingerprint density at radius 3 is 2.43 bits per heavy atom. The van der Waals surface area contributed by atoms with E-state index in [2.05, 4.69) is 21.2 Å². The summed E-state index contributed by atoms with van der Waals surface area (Å²) in [6.07, 6.45) is 1.15. The van der Waals surface area contributed by atoms with Gasteiger partial charge in [-0.05, 0) is 36.4 Å². The summed E-state index contributed by atoms with van der Waals surface area (Å²) >= 11 is 3.26. The molecule has 1 N–H and O–H groups in total. The summed E-state index contributed by atoms with van der Waals surface area (Å²) in [6.45, 7) is 0. The summed E-state index contributed by atoms with van der Waals surface area (Å²) in [5, 5.41) is 13.1. The Hall–Kier alpha value is -3.53. The van der Waals surface area contributed by atoms with Crippen molar-refractivity contribution in [1.82, 2.24) is 5.32 Å². The van der Waals surface area contributed by atoms with Gasteiger partial charge in [0.25, 0.3) is 17.5 Å². The van der Waals surface area contributed by atoms with Crippen LogP contribution in [0, 0.1) is 10.1 Å². The van der Waals surface area contributed by atoms with E-state index in [0.717, 1.165) is 15.4 Å². The van der Waals surface area contributed by atoms with Crippen molar-refractivity contribution in [2.75, 3.05) is 12.0 Å². The van der Waals surface area contributed by atoms with Gasteiger partial charge in [0, 0.05) is 22.2 Å². The number of barbiturate groups is 1. The molecule has 1 aliphatic rings. The highest BCUT2D eigenvalue weighted by atomic mass is 79.9. The number of methoxy groups -OCH3 is 1. The fourth-order valence-electron chi connectivity index (χ4n) is 2.59. The normalized spacial score (nSPS) is 15.6. The molecule has 4 amide bonds. The highest BCUT2D eigenvalue weighted by molar-refractivity contribution is 9.10.